The van der Waals surface area contributed by atoms with Crippen molar-refractivity contribution in [3.8, 4) is 0 Å². The number of furan rings is 1. The van der Waals surface area contributed by atoms with E-state index in [0.717, 1.165) is 46.7 Å². The Bertz CT molecular complexity index is 951. The standard InChI is InChI=1S/C22H28O3/c1-6-7-8-9-10-15-14(2)16-11-17-18(22(3,4)5)13-24-19(17)12-20(16)25-21(15)23/h11-13H,6-10H2,1-5H3. The largest absolute Gasteiger partial charge is 0.464 e. The molecule has 25 heavy (non-hydrogen) atoms. The van der Waals surface area contributed by atoms with E-state index in [1.807, 2.05) is 19.3 Å². The molecule has 3 aromatic rings. The predicted octanol–water partition coefficient (Wildman–Crippen LogP) is 6.27. The second-order valence-electron chi connectivity index (χ2n) is 8.05. The fourth-order valence-corrected chi connectivity index (χ4v) is 3.51. The third kappa shape index (κ3) is 3.37. The second-order valence-corrected chi connectivity index (χ2v) is 8.05. The van der Waals surface area contributed by atoms with Gasteiger partial charge in [0.05, 0.1) is 6.26 Å². The molecular formula is C22H28O3. The minimum atomic E-state index is -0.205. The molecule has 3 rings (SSSR count). The summed E-state index contributed by atoms with van der Waals surface area (Å²) in [6, 6.07) is 3.98. The van der Waals surface area contributed by atoms with Gasteiger partial charge in [0, 0.05) is 28.0 Å². The number of benzene rings is 1. The lowest BCUT2D eigenvalue weighted by molar-refractivity contribution is 0.541. The number of unbranched alkanes of at least 4 members (excludes halogenated alkanes) is 3. The van der Waals surface area contributed by atoms with Crippen molar-refractivity contribution in [2.24, 2.45) is 0 Å². The van der Waals surface area contributed by atoms with Gasteiger partial charge in [-0.2, -0.15) is 0 Å². The summed E-state index contributed by atoms with van der Waals surface area (Å²) in [7, 11) is 0. The average Bonchev–Trinajstić information content (AvgIpc) is 2.95. The topological polar surface area (TPSA) is 43.4 Å². The Morgan fingerprint density at radius 3 is 2.44 bits per heavy atom. The molecule has 0 fully saturated rings. The van der Waals surface area contributed by atoms with Crippen LogP contribution in [0.15, 0.2) is 32.0 Å². The molecule has 3 heteroatoms. The van der Waals surface area contributed by atoms with E-state index >= 15 is 0 Å². The van der Waals surface area contributed by atoms with E-state index in [1.165, 1.54) is 18.4 Å². The van der Waals surface area contributed by atoms with Gasteiger partial charge in [-0.1, -0.05) is 47.0 Å². The van der Waals surface area contributed by atoms with Gasteiger partial charge in [0.2, 0.25) is 0 Å². The van der Waals surface area contributed by atoms with E-state index in [9.17, 15) is 4.79 Å². The lowest BCUT2D eigenvalue weighted by Crippen LogP contribution is -2.11. The molecule has 0 atom stereocenters. The molecule has 2 heterocycles. The van der Waals surface area contributed by atoms with E-state index in [4.69, 9.17) is 8.83 Å². The van der Waals surface area contributed by atoms with Gasteiger partial charge in [-0.25, -0.2) is 4.79 Å². The summed E-state index contributed by atoms with van der Waals surface area (Å²) in [5.74, 6) is 0. The van der Waals surface area contributed by atoms with Gasteiger partial charge < -0.3 is 8.83 Å². The van der Waals surface area contributed by atoms with Crippen molar-refractivity contribution in [1.29, 1.82) is 0 Å². The molecule has 1 aromatic carbocycles. The minimum Gasteiger partial charge on any atom is -0.464 e. The quantitative estimate of drug-likeness (QED) is 0.406. The number of rotatable bonds is 5. The molecule has 0 aliphatic heterocycles. The molecule has 2 aromatic heterocycles. The van der Waals surface area contributed by atoms with Crippen LogP contribution in [0.2, 0.25) is 0 Å². The van der Waals surface area contributed by atoms with Crippen molar-refractivity contribution in [3.63, 3.8) is 0 Å². The first-order valence-corrected chi connectivity index (χ1v) is 9.31. The zero-order valence-electron chi connectivity index (χ0n) is 16.0. The molecule has 0 saturated carbocycles. The Kier molecular flexibility index (Phi) is 4.77. The van der Waals surface area contributed by atoms with Crippen LogP contribution < -0.4 is 5.63 Å². The van der Waals surface area contributed by atoms with Gasteiger partial charge in [0.25, 0.3) is 0 Å². The van der Waals surface area contributed by atoms with E-state index in [0.29, 0.717) is 5.58 Å². The number of fused-ring (bicyclic) bond motifs is 2. The van der Waals surface area contributed by atoms with Crippen LogP contribution in [0, 0.1) is 6.92 Å². The maximum Gasteiger partial charge on any atom is 0.339 e. The molecule has 0 saturated heterocycles. The van der Waals surface area contributed by atoms with Crippen LogP contribution in [0.1, 0.15) is 70.1 Å². The molecule has 0 bridgehead atoms. The van der Waals surface area contributed by atoms with Crippen LogP contribution in [-0.2, 0) is 11.8 Å². The first kappa shape index (κ1) is 17.8. The van der Waals surface area contributed by atoms with Crippen LogP contribution in [0.5, 0.6) is 0 Å². The normalized spacial score (nSPS) is 12.4. The monoisotopic (exact) mass is 340 g/mol. The second kappa shape index (κ2) is 6.70. The van der Waals surface area contributed by atoms with Gasteiger partial charge in [0.1, 0.15) is 11.2 Å². The Hall–Kier alpha value is -2.03. The van der Waals surface area contributed by atoms with Gasteiger partial charge in [-0.15, -0.1) is 0 Å². The number of hydrogen-bond donors (Lipinski definition) is 0. The molecular weight excluding hydrogens is 312 g/mol. The zero-order valence-corrected chi connectivity index (χ0v) is 16.0. The SMILES string of the molecule is CCCCCCc1c(C)c2cc3c(C(C)(C)C)coc3cc2oc1=O. The highest BCUT2D eigenvalue weighted by Gasteiger charge is 2.21. The Balaban J connectivity index is 2.12. The molecule has 0 radical (unpaired) electrons. The maximum absolute atomic E-state index is 12.4. The van der Waals surface area contributed by atoms with Gasteiger partial charge in [-0.05, 0) is 36.8 Å². The Morgan fingerprint density at radius 2 is 1.76 bits per heavy atom. The first-order chi connectivity index (χ1) is 11.8. The molecule has 0 unspecified atom stereocenters. The van der Waals surface area contributed by atoms with Crippen molar-refractivity contribution in [1.82, 2.24) is 0 Å². The first-order valence-electron chi connectivity index (χ1n) is 9.31. The summed E-state index contributed by atoms with van der Waals surface area (Å²) < 4.78 is 11.3. The molecule has 0 amide bonds. The van der Waals surface area contributed by atoms with Gasteiger partial charge in [0.15, 0.2) is 0 Å². The Morgan fingerprint density at radius 1 is 1.00 bits per heavy atom. The van der Waals surface area contributed by atoms with E-state index in [-0.39, 0.29) is 11.0 Å². The van der Waals surface area contributed by atoms with Crippen molar-refractivity contribution in [2.45, 2.75) is 72.1 Å². The van der Waals surface area contributed by atoms with Gasteiger partial charge >= 0.3 is 5.63 Å². The van der Waals surface area contributed by atoms with Crippen LogP contribution in [-0.4, -0.2) is 0 Å². The highest BCUT2D eigenvalue weighted by atomic mass is 16.4. The number of hydrogen-bond acceptors (Lipinski definition) is 3. The summed E-state index contributed by atoms with van der Waals surface area (Å²) in [5.41, 5.74) is 4.24. The third-order valence-electron chi connectivity index (χ3n) is 5.07. The van der Waals surface area contributed by atoms with Crippen molar-refractivity contribution >= 4 is 21.9 Å². The molecule has 0 aliphatic rings. The van der Waals surface area contributed by atoms with Crippen molar-refractivity contribution in [3.05, 3.63) is 45.5 Å². The summed E-state index contributed by atoms with van der Waals surface area (Å²) in [6.07, 6.45) is 7.21. The highest BCUT2D eigenvalue weighted by Crippen LogP contribution is 2.35. The lowest BCUT2D eigenvalue weighted by atomic mass is 9.86. The van der Waals surface area contributed by atoms with Crippen LogP contribution in [0.25, 0.3) is 21.9 Å². The zero-order chi connectivity index (χ0) is 18.2. The summed E-state index contributed by atoms with van der Waals surface area (Å²) in [4.78, 5) is 12.4. The molecule has 0 N–H and O–H groups in total. The summed E-state index contributed by atoms with van der Waals surface area (Å²) >= 11 is 0. The van der Waals surface area contributed by atoms with Crippen molar-refractivity contribution in [2.75, 3.05) is 0 Å². The maximum atomic E-state index is 12.4. The molecule has 0 aliphatic carbocycles. The van der Waals surface area contributed by atoms with E-state index in [2.05, 4.69) is 33.8 Å². The van der Waals surface area contributed by atoms with E-state index < -0.39 is 0 Å². The average molecular weight is 340 g/mol. The van der Waals surface area contributed by atoms with Crippen LogP contribution >= 0.6 is 0 Å². The fourth-order valence-electron chi connectivity index (χ4n) is 3.51. The smallest absolute Gasteiger partial charge is 0.339 e. The summed E-state index contributed by atoms with van der Waals surface area (Å²) in [5, 5.41) is 2.12. The summed E-state index contributed by atoms with van der Waals surface area (Å²) in [6.45, 7) is 10.8. The lowest BCUT2D eigenvalue weighted by Gasteiger charge is -2.16. The molecule has 134 valence electrons. The third-order valence-corrected chi connectivity index (χ3v) is 5.07. The highest BCUT2D eigenvalue weighted by molar-refractivity contribution is 5.96. The van der Waals surface area contributed by atoms with E-state index in [1.54, 1.807) is 0 Å². The Labute approximate surface area is 149 Å². The molecule has 3 nitrogen and oxygen atoms in total. The van der Waals surface area contributed by atoms with Gasteiger partial charge in [-0.3, -0.25) is 0 Å². The number of aryl methyl sites for hydroxylation is 1. The fraction of sp³-hybridized carbons (Fsp3) is 0.500. The minimum absolute atomic E-state index is 0.00539. The van der Waals surface area contributed by atoms with Crippen LogP contribution in [0.4, 0.5) is 0 Å². The predicted molar refractivity (Wildman–Crippen MR) is 104 cm³/mol. The van der Waals surface area contributed by atoms with Crippen LogP contribution in [0.3, 0.4) is 0 Å². The molecule has 0 spiro atoms. The van der Waals surface area contributed by atoms with Crippen molar-refractivity contribution < 1.29 is 8.83 Å².